The molecule has 0 amide bonds. The summed E-state index contributed by atoms with van der Waals surface area (Å²) in [5.74, 6) is -0.515. The van der Waals surface area contributed by atoms with Crippen LogP contribution < -0.4 is 4.78 Å². The third-order valence-corrected chi connectivity index (χ3v) is 5.97. The first-order valence-electron chi connectivity index (χ1n) is 8.78. The largest absolute Gasteiger partial charge is 0.499 e. The molecule has 2 aromatic heterocycles. The number of H-pyrrole nitrogens is 1. The number of rotatable bonds is 6. The predicted molar refractivity (Wildman–Crippen MR) is 112 cm³/mol. The molecule has 0 aliphatic carbocycles. The van der Waals surface area contributed by atoms with E-state index in [4.69, 9.17) is 0 Å². The van der Waals surface area contributed by atoms with Gasteiger partial charge in [0.05, 0.1) is 11.6 Å². The average Bonchev–Trinajstić information content (AvgIpc) is 3.32. The average molecular weight is 392 g/mol. The van der Waals surface area contributed by atoms with Gasteiger partial charge in [-0.05, 0) is 17.7 Å². The molecule has 4 rings (SSSR count). The van der Waals surface area contributed by atoms with Crippen LogP contribution in [0.1, 0.15) is 16.4 Å². The fourth-order valence-corrected chi connectivity index (χ4v) is 4.51. The van der Waals surface area contributed by atoms with Gasteiger partial charge >= 0.3 is 7.12 Å². The number of hydrogen-bond donors (Lipinski definition) is 3. The van der Waals surface area contributed by atoms with Crippen LogP contribution in [0.2, 0.25) is 0 Å². The van der Waals surface area contributed by atoms with E-state index >= 15 is 0 Å². The lowest BCUT2D eigenvalue weighted by molar-refractivity contribution is -0.481. The highest BCUT2D eigenvalue weighted by Gasteiger charge is 2.29. The first-order valence-corrected chi connectivity index (χ1v) is 9.60. The van der Waals surface area contributed by atoms with Crippen molar-refractivity contribution in [1.29, 1.82) is 0 Å². The molecule has 0 spiro atoms. The van der Waals surface area contributed by atoms with Gasteiger partial charge in [0.2, 0.25) is 6.54 Å². The van der Waals surface area contributed by atoms with E-state index in [1.807, 2.05) is 54.6 Å². The molecular weight excluding hydrogens is 375 g/mol. The molecule has 8 heteroatoms. The number of nitrogens with one attached hydrogen (secondary N) is 1. The molecule has 3 N–H and O–H groups in total. The minimum absolute atomic E-state index is 0.289. The highest BCUT2D eigenvalue weighted by Crippen LogP contribution is 2.39. The fourth-order valence-electron chi connectivity index (χ4n) is 3.53. The molecule has 4 aromatic rings. The number of para-hydroxylation sites is 1. The van der Waals surface area contributed by atoms with E-state index in [1.165, 1.54) is 11.3 Å². The molecule has 6 nitrogen and oxygen atoms in total. The van der Waals surface area contributed by atoms with E-state index in [-0.39, 0.29) is 11.5 Å². The summed E-state index contributed by atoms with van der Waals surface area (Å²) in [6.45, 7) is -0.289. The van der Waals surface area contributed by atoms with Crippen molar-refractivity contribution in [2.75, 3.05) is 6.54 Å². The van der Waals surface area contributed by atoms with Gasteiger partial charge in [-0.2, -0.15) is 0 Å². The summed E-state index contributed by atoms with van der Waals surface area (Å²) in [5.41, 5.74) is 3.54. The molecule has 0 aliphatic heterocycles. The van der Waals surface area contributed by atoms with Crippen molar-refractivity contribution in [2.24, 2.45) is 0 Å². The molecule has 2 heterocycles. The first-order chi connectivity index (χ1) is 13.5. The van der Waals surface area contributed by atoms with E-state index in [9.17, 15) is 20.2 Å². The standard InChI is InChI=1S/C20H17BN2O4S/c24-21(25)18-11-10-17(28-18)15(12-23(26)27)19-14-8-4-5-9-16(14)22-20(19)13-6-2-1-3-7-13/h1-11,15,22,24-25H,12H2. The van der Waals surface area contributed by atoms with Crippen LogP contribution in [-0.2, 0) is 0 Å². The summed E-state index contributed by atoms with van der Waals surface area (Å²) >= 11 is 1.18. The second-order valence-corrected chi connectivity index (χ2v) is 7.65. The van der Waals surface area contributed by atoms with Crippen molar-refractivity contribution in [3.63, 3.8) is 0 Å². The van der Waals surface area contributed by atoms with E-state index in [1.54, 1.807) is 12.1 Å². The summed E-state index contributed by atoms with van der Waals surface area (Å²) in [6.07, 6.45) is 0. The molecule has 1 unspecified atom stereocenters. The Balaban J connectivity index is 1.95. The van der Waals surface area contributed by atoms with Gasteiger partial charge in [0.1, 0.15) is 0 Å². The Morgan fingerprint density at radius 3 is 2.43 bits per heavy atom. The molecule has 28 heavy (non-hydrogen) atoms. The summed E-state index contributed by atoms with van der Waals surface area (Å²) < 4.78 is 0.365. The Morgan fingerprint density at radius 1 is 1.04 bits per heavy atom. The summed E-state index contributed by atoms with van der Waals surface area (Å²) in [7, 11) is -1.59. The smallest absolute Gasteiger partial charge is 0.423 e. The zero-order valence-corrected chi connectivity index (χ0v) is 15.6. The van der Waals surface area contributed by atoms with E-state index in [0.29, 0.717) is 4.78 Å². The van der Waals surface area contributed by atoms with Crippen LogP contribution in [0.5, 0.6) is 0 Å². The molecule has 140 valence electrons. The van der Waals surface area contributed by atoms with Gasteiger partial charge < -0.3 is 15.0 Å². The molecule has 0 aliphatic rings. The molecule has 2 aromatic carbocycles. The molecule has 0 saturated heterocycles. The first kappa shape index (κ1) is 18.4. The van der Waals surface area contributed by atoms with Crippen molar-refractivity contribution >= 4 is 34.1 Å². The topological polar surface area (TPSA) is 99.4 Å². The van der Waals surface area contributed by atoms with Gasteiger partial charge in [-0.3, -0.25) is 10.1 Å². The Kier molecular flexibility index (Phi) is 5.00. The van der Waals surface area contributed by atoms with Gasteiger partial charge in [-0.25, -0.2) is 0 Å². The van der Waals surface area contributed by atoms with Crippen LogP contribution in [-0.4, -0.2) is 33.6 Å². The zero-order chi connectivity index (χ0) is 19.7. The van der Waals surface area contributed by atoms with Crippen molar-refractivity contribution in [1.82, 2.24) is 4.98 Å². The third kappa shape index (κ3) is 3.45. The molecule has 0 fully saturated rings. The van der Waals surface area contributed by atoms with Gasteiger partial charge in [0, 0.05) is 31.0 Å². The Bertz CT molecular complexity index is 1120. The maximum Gasteiger partial charge on any atom is 0.499 e. The highest BCUT2D eigenvalue weighted by molar-refractivity contribution is 7.22. The lowest BCUT2D eigenvalue weighted by Gasteiger charge is -2.14. The van der Waals surface area contributed by atoms with Crippen LogP contribution >= 0.6 is 11.3 Å². The molecule has 0 bridgehead atoms. The second-order valence-electron chi connectivity index (χ2n) is 6.51. The van der Waals surface area contributed by atoms with Crippen LogP contribution in [0, 0.1) is 10.1 Å². The van der Waals surface area contributed by atoms with Gasteiger partial charge in [0.15, 0.2) is 0 Å². The minimum Gasteiger partial charge on any atom is -0.423 e. The fraction of sp³-hybridized carbons (Fsp3) is 0.100. The quantitative estimate of drug-likeness (QED) is 0.267. The monoisotopic (exact) mass is 392 g/mol. The zero-order valence-electron chi connectivity index (χ0n) is 14.8. The number of nitrogens with zero attached hydrogens (tertiary/aromatic N) is 1. The lowest BCUT2D eigenvalue weighted by Crippen LogP contribution is -2.26. The number of aromatic amines is 1. The molecular formula is C20H17BN2O4S. The maximum atomic E-state index is 11.5. The minimum atomic E-state index is -1.59. The Labute approximate surface area is 165 Å². The van der Waals surface area contributed by atoms with Gasteiger partial charge in [-0.1, -0.05) is 54.6 Å². The van der Waals surface area contributed by atoms with Crippen LogP contribution in [0.3, 0.4) is 0 Å². The molecule has 0 saturated carbocycles. The number of benzene rings is 2. The van der Waals surface area contributed by atoms with Crippen molar-refractivity contribution in [3.05, 3.63) is 87.3 Å². The number of thiophene rings is 1. The number of aromatic nitrogens is 1. The van der Waals surface area contributed by atoms with Crippen LogP contribution in [0.25, 0.3) is 22.2 Å². The van der Waals surface area contributed by atoms with Crippen molar-refractivity contribution < 1.29 is 15.0 Å². The number of nitro groups is 1. The number of fused-ring (bicyclic) bond motifs is 1. The molecule has 1 atom stereocenters. The third-order valence-electron chi connectivity index (χ3n) is 4.73. The number of hydrogen-bond acceptors (Lipinski definition) is 5. The SMILES string of the molecule is O=[N+]([O-])CC(c1ccc(B(O)O)s1)c1c(-c2ccccc2)[nH]c2ccccc12. The summed E-state index contributed by atoms with van der Waals surface area (Å²) in [6, 6.07) is 20.8. The highest BCUT2D eigenvalue weighted by atomic mass is 32.1. The van der Waals surface area contributed by atoms with E-state index < -0.39 is 13.0 Å². The van der Waals surface area contributed by atoms with E-state index in [0.717, 1.165) is 32.6 Å². The van der Waals surface area contributed by atoms with Crippen LogP contribution in [0.15, 0.2) is 66.7 Å². The Hall–Kier alpha value is -2.94. The lowest BCUT2D eigenvalue weighted by atomic mass is 9.89. The normalized spacial score (nSPS) is 12.2. The van der Waals surface area contributed by atoms with Crippen LogP contribution in [0.4, 0.5) is 0 Å². The summed E-state index contributed by atoms with van der Waals surface area (Å²) in [4.78, 5) is 15.3. The second kappa shape index (κ2) is 7.59. The summed E-state index contributed by atoms with van der Waals surface area (Å²) in [5, 5.41) is 31.4. The van der Waals surface area contributed by atoms with E-state index in [2.05, 4.69) is 4.98 Å². The van der Waals surface area contributed by atoms with Gasteiger partial charge in [0.25, 0.3) is 0 Å². The Morgan fingerprint density at radius 2 is 1.75 bits per heavy atom. The van der Waals surface area contributed by atoms with Crippen molar-refractivity contribution in [3.8, 4) is 11.3 Å². The maximum absolute atomic E-state index is 11.5. The van der Waals surface area contributed by atoms with Crippen molar-refractivity contribution in [2.45, 2.75) is 5.92 Å². The van der Waals surface area contributed by atoms with Gasteiger partial charge in [-0.15, -0.1) is 11.3 Å². The predicted octanol–water partition coefficient (Wildman–Crippen LogP) is 2.98. The molecule has 0 radical (unpaired) electrons.